The lowest BCUT2D eigenvalue weighted by Crippen LogP contribution is -2.22. The molecule has 0 saturated heterocycles. The molecule has 29 heavy (non-hydrogen) atoms. The van der Waals surface area contributed by atoms with Crippen molar-refractivity contribution in [2.24, 2.45) is 0 Å². The Bertz CT molecular complexity index is 893. The molecular weight excluding hydrogens is 378 g/mol. The quantitative estimate of drug-likeness (QED) is 0.536. The van der Waals surface area contributed by atoms with Crippen molar-refractivity contribution in [3.63, 3.8) is 0 Å². The molecule has 0 aliphatic heterocycles. The van der Waals surface area contributed by atoms with E-state index < -0.39 is 30.4 Å². The summed E-state index contributed by atoms with van der Waals surface area (Å²) in [7, 11) is 2.40. The number of carbonyl (C=O) groups excluding carboxylic acids is 4. The lowest BCUT2D eigenvalue weighted by molar-refractivity contribution is -0.147. The van der Waals surface area contributed by atoms with Crippen LogP contribution in [0.15, 0.2) is 48.5 Å². The SMILES string of the molecule is COC(=O)c1ccc(C(=O)OC)c(NC(=O)COC(=O)CCc2ccccc2)c1. The zero-order valence-electron chi connectivity index (χ0n) is 16.1. The fraction of sp³-hybridized carbons (Fsp3) is 0.238. The van der Waals surface area contributed by atoms with Crippen molar-refractivity contribution in [3.8, 4) is 0 Å². The van der Waals surface area contributed by atoms with Gasteiger partial charge < -0.3 is 19.5 Å². The molecule has 0 unspecified atom stereocenters. The van der Waals surface area contributed by atoms with Crippen LogP contribution in [0.25, 0.3) is 0 Å². The van der Waals surface area contributed by atoms with Gasteiger partial charge in [-0.05, 0) is 30.2 Å². The first kappa shape index (κ1) is 21.6. The Morgan fingerprint density at radius 3 is 2.24 bits per heavy atom. The third-order valence-electron chi connectivity index (χ3n) is 3.94. The maximum absolute atomic E-state index is 12.1. The molecule has 0 aliphatic carbocycles. The van der Waals surface area contributed by atoms with E-state index in [1.165, 1.54) is 32.4 Å². The van der Waals surface area contributed by atoms with E-state index in [2.05, 4.69) is 14.8 Å². The minimum Gasteiger partial charge on any atom is -0.465 e. The monoisotopic (exact) mass is 399 g/mol. The van der Waals surface area contributed by atoms with E-state index in [9.17, 15) is 19.2 Å². The molecule has 0 radical (unpaired) electrons. The van der Waals surface area contributed by atoms with E-state index in [-0.39, 0.29) is 23.2 Å². The van der Waals surface area contributed by atoms with Crippen molar-refractivity contribution >= 4 is 29.5 Å². The highest BCUT2D eigenvalue weighted by Gasteiger charge is 2.18. The molecule has 152 valence electrons. The van der Waals surface area contributed by atoms with E-state index >= 15 is 0 Å². The van der Waals surface area contributed by atoms with Crippen LogP contribution in [0, 0.1) is 0 Å². The number of hydrogen-bond acceptors (Lipinski definition) is 7. The van der Waals surface area contributed by atoms with Crippen LogP contribution in [-0.4, -0.2) is 44.6 Å². The largest absolute Gasteiger partial charge is 0.465 e. The number of ether oxygens (including phenoxy) is 3. The van der Waals surface area contributed by atoms with E-state index in [0.29, 0.717) is 6.42 Å². The number of benzene rings is 2. The fourth-order valence-electron chi connectivity index (χ4n) is 2.48. The van der Waals surface area contributed by atoms with Gasteiger partial charge in [-0.2, -0.15) is 0 Å². The highest BCUT2D eigenvalue weighted by molar-refractivity contribution is 6.04. The Morgan fingerprint density at radius 2 is 1.59 bits per heavy atom. The van der Waals surface area contributed by atoms with Gasteiger partial charge in [0.15, 0.2) is 6.61 Å². The van der Waals surface area contributed by atoms with Crippen LogP contribution in [0.3, 0.4) is 0 Å². The molecule has 0 aliphatic rings. The number of nitrogens with one attached hydrogen (secondary N) is 1. The predicted molar refractivity (Wildman–Crippen MR) is 103 cm³/mol. The molecule has 8 heteroatoms. The standard InChI is InChI=1S/C21H21NO7/c1-27-20(25)15-9-10-16(21(26)28-2)17(12-15)22-18(23)13-29-19(24)11-8-14-6-4-3-5-7-14/h3-7,9-10,12H,8,11,13H2,1-2H3,(H,22,23). The maximum Gasteiger partial charge on any atom is 0.339 e. The molecule has 0 aromatic heterocycles. The molecule has 1 N–H and O–H groups in total. The molecule has 0 heterocycles. The van der Waals surface area contributed by atoms with Gasteiger partial charge >= 0.3 is 17.9 Å². The summed E-state index contributed by atoms with van der Waals surface area (Å²) in [6.45, 7) is -0.531. The van der Waals surface area contributed by atoms with Crippen LogP contribution >= 0.6 is 0 Å². The van der Waals surface area contributed by atoms with Crippen LogP contribution in [-0.2, 0) is 30.2 Å². The summed E-state index contributed by atoms with van der Waals surface area (Å²) >= 11 is 0. The average molecular weight is 399 g/mol. The zero-order chi connectivity index (χ0) is 21.2. The molecule has 2 aromatic rings. The Labute approximate surface area is 167 Å². The zero-order valence-corrected chi connectivity index (χ0v) is 16.1. The van der Waals surface area contributed by atoms with Crippen molar-refractivity contribution < 1.29 is 33.4 Å². The number of esters is 3. The molecule has 0 saturated carbocycles. The fourth-order valence-corrected chi connectivity index (χ4v) is 2.48. The number of anilines is 1. The Hall–Kier alpha value is -3.68. The second-order valence-electron chi connectivity index (χ2n) is 5.94. The molecule has 0 fully saturated rings. The van der Waals surface area contributed by atoms with Gasteiger partial charge in [0.1, 0.15) is 0 Å². The number of hydrogen-bond donors (Lipinski definition) is 1. The van der Waals surface area contributed by atoms with Crippen LogP contribution in [0.4, 0.5) is 5.69 Å². The van der Waals surface area contributed by atoms with Crippen LogP contribution in [0.2, 0.25) is 0 Å². The van der Waals surface area contributed by atoms with Gasteiger partial charge in [0, 0.05) is 6.42 Å². The first-order valence-corrected chi connectivity index (χ1v) is 8.74. The Balaban J connectivity index is 1.96. The summed E-state index contributed by atoms with van der Waals surface area (Å²) in [5.41, 5.74) is 1.21. The summed E-state index contributed by atoms with van der Waals surface area (Å²) in [5.74, 6) is -2.52. The van der Waals surface area contributed by atoms with E-state index in [4.69, 9.17) is 4.74 Å². The molecule has 0 atom stereocenters. The van der Waals surface area contributed by atoms with Crippen LogP contribution in [0.1, 0.15) is 32.7 Å². The molecule has 1 amide bonds. The molecular formula is C21H21NO7. The van der Waals surface area contributed by atoms with Gasteiger partial charge in [-0.15, -0.1) is 0 Å². The molecule has 8 nitrogen and oxygen atoms in total. The Kier molecular flexibility index (Phi) is 7.90. The maximum atomic E-state index is 12.1. The normalized spacial score (nSPS) is 10.0. The summed E-state index contributed by atoms with van der Waals surface area (Å²) < 4.78 is 14.3. The predicted octanol–water partition coefficient (Wildman–Crippen LogP) is 2.37. The highest BCUT2D eigenvalue weighted by Crippen LogP contribution is 2.20. The topological polar surface area (TPSA) is 108 Å². The van der Waals surface area contributed by atoms with Crippen molar-refractivity contribution in [1.82, 2.24) is 0 Å². The molecule has 0 spiro atoms. The number of carbonyl (C=O) groups is 4. The smallest absolute Gasteiger partial charge is 0.339 e. The summed E-state index contributed by atoms with van der Waals surface area (Å²) in [5, 5.41) is 2.45. The first-order chi connectivity index (χ1) is 13.9. The van der Waals surface area contributed by atoms with E-state index in [1.54, 1.807) is 0 Å². The summed E-state index contributed by atoms with van der Waals surface area (Å²) in [6, 6.07) is 13.4. The summed E-state index contributed by atoms with van der Waals surface area (Å²) in [4.78, 5) is 47.6. The van der Waals surface area contributed by atoms with Crippen molar-refractivity contribution in [1.29, 1.82) is 0 Å². The second-order valence-corrected chi connectivity index (χ2v) is 5.94. The van der Waals surface area contributed by atoms with Gasteiger partial charge in [-0.3, -0.25) is 9.59 Å². The highest BCUT2D eigenvalue weighted by atomic mass is 16.5. The van der Waals surface area contributed by atoms with Crippen molar-refractivity contribution in [2.45, 2.75) is 12.8 Å². The number of amides is 1. The lowest BCUT2D eigenvalue weighted by atomic mass is 10.1. The van der Waals surface area contributed by atoms with Crippen LogP contribution < -0.4 is 5.32 Å². The molecule has 2 aromatic carbocycles. The van der Waals surface area contributed by atoms with Gasteiger partial charge in [-0.1, -0.05) is 30.3 Å². The minimum absolute atomic E-state index is 0.0453. The van der Waals surface area contributed by atoms with Gasteiger partial charge in [0.25, 0.3) is 5.91 Å². The van der Waals surface area contributed by atoms with Gasteiger partial charge in [-0.25, -0.2) is 9.59 Å². The molecule has 0 bridgehead atoms. The summed E-state index contributed by atoms with van der Waals surface area (Å²) in [6.07, 6.45) is 0.623. The van der Waals surface area contributed by atoms with Crippen molar-refractivity contribution in [2.75, 3.05) is 26.1 Å². The second kappa shape index (κ2) is 10.6. The number of aryl methyl sites for hydroxylation is 1. The number of methoxy groups -OCH3 is 2. The van der Waals surface area contributed by atoms with Crippen molar-refractivity contribution in [3.05, 3.63) is 65.2 Å². The third kappa shape index (κ3) is 6.46. The van der Waals surface area contributed by atoms with E-state index in [0.717, 1.165) is 5.56 Å². The lowest BCUT2D eigenvalue weighted by Gasteiger charge is -2.11. The first-order valence-electron chi connectivity index (χ1n) is 8.74. The third-order valence-corrected chi connectivity index (χ3v) is 3.94. The minimum atomic E-state index is -0.698. The van der Waals surface area contributed by atoms with Gasteiger partial charge in [0.2, 0.25) is 0 Å². The molecule has 2 rings (SSSR count). The Morgan fingerprint density at radius 1 is 0.897 bits per heavy atom. The van der Waals surface area contributed by atoms with Crippen LogP contribution in [0.5, 0.6) is 0 Å². The number of rotatable bonds is 8. The average Bonchev–Trinajstić information content (AvgIpc) is 2.75. The van der Waals surface area contributed by atoms with Gasteiger partial charge in [0.05, 0.1) is 31.0 Å². The van der Waals surface area contributed by atoms with E-state index in [1.807, 2.05) is 30.3 Å².